The molecule has 0 saturated heterocycles. The number of aliphatic hydroxyl groups is 1. The first-order valence-electron chi connectivity index (χ1n) is 8.49. The smallest absolute Gasteiger partial charge is 0.275 e. The highest BCUT2D eigenvalue weighted by Crippen LogP contribution is 2.28. The second-order valence-corrected chi connectivity index (χ2v) is 7.18. The SMILES string of the molecule is CCc1cc(=O)n2nc(NCCCC3CCCCC3O)sc2n1. The summed E-state index contributed by atoms with van der Waals surface area (Å²) in [5.41, 5.74) is 0.679. The summed E-state index contributed by atoms with van der Waals surface area (Å²) < 4.78 is 1.36. The van der Waals surface area contributed by atoms with Gasteiger partial charge in [-0.1, -0.05) is 31.1 Å². The van der Waals surface area contributed by atoms with Crippen molar-refractivity contribution >= 4 is 21.4 Å². The molecule has 0 amide bonds. The third-order valence-electron chi connectivity index (χ3n) is 4.56. The van der Waals surface area contributed by atoms with E-state index in [0.29, 0.717) is 10.9 Å². The summed E-state index contributed by atoms with van der Waals surface area (Å²) in [6.07, 6.45) is 7.14. The summed E-state index contributed by atoms with van der Waals surface area (Å²) in [6.45, 7) is 2.79. The molecule has 2 heterocycles. The van der Waals surface area contributed by atoms with Crippen molar-refractivity contribution in [1.29, 1.82) is 0 Å². The molecule has 1 aliphatic carbocycles. The Hall–Kier alpha value is -1.47. The molecule has 0 spiro atoms. The molecule has 2 unspecified atom stereocenters. The van der Waals surface area contributed by atoms with Crippen molar-refractivity contribution in [3.05, 3.63) is 22.1 Å². The van der Waals surface area contributed by atoms with Gasteiger partial charge in [-0.15, -0.1) is 5.10 Å². The van der Waals surface area contributed by atoms with E-state index in [-0.39, 0.29) is 11.7 Å². The Morgan fingerprint density at radius 1 is 1.43 bits per heavy atom. The highest BCUT2D eigenvalue weighted by atomic mass is 32.1. The van der Waals surface area contributed by atoms with Crippen LogP contribution in [0.4, 0.5) is 5.13 Å². The molecule has 2 N–H and O–H groups in total. The summed E-state index contributed by atoms with van der Waals surface area (Å²) in [5.74, 6) is 0.442. The molecule has 2 aromatic rings. The van der Waals surface area contributed by atoms with Gasteiger partial charge in [-0.05, 0) is 38.0 Å². The number of hydrogen-bond donors (Lipinski definition) is 2. The van der Waals surface area contributed by atoms with Crippen molar-refractivity contribution in [1.82, 2.24) is 14.6 Å². The van der Waals surface area contributed by atoms with E-state index in [9.17, 15) is 9.90 Å². The number of anilines is 1. The average molecular weight is 336 g/mol. The van der Waals surface area contributed by atoms with Crippen LogP contribution in [0.15, 0.2) is 10.9 Å². The molecule has 1 saturated carbocycles. The lowest BCUT2D eigenvalue weighted by atomic mass is 9.83. The molecular formula is C16H24N4O2S. The van der Waals surface area contributed by atoms with Gasteiger partial charge in [-0.3, -0.25) is 4.79 Å². The van der Waals surface area contributed by atoms with Gasteiger partial charge in [0.2, 0.25) is 10.1 Å². The first-order chi connectivity index (χ1) is 11.2. The molecule has 126 valence electrons. The van der Waals surface area contributed by atoms with Crippen LogP contribution in [0, 0.1) is 5.92 Å². The van der Waals surface area contributed by atoms with E-state index in [2.05, 4.69) is 15.4 Å². The highest BCUT2D eigenvalue weighted by Gasteiger charge is 2.22. The number of nitrogens with one attached hydrogen (secondary N) is 1. The zero-order valence-electron chi connectivity index (χ0n) is 13.5. The largest absolute Gasteiger partial charge is 0.393 e. The topological polar surface area (TPSA) is 79.5 Å². The monoisotopic (exact) mass is 336 g/mol. The number of rotatable bonds is 6. The molecule has 1 fully saturated rings. The molecule has 2 aromatic heterocycles. The van der Waals surface area contributed by atoms with E-state index in [1.165, 1.54) is 22.3 Å². The van der Waals surface area contributed by atoms with E-state index < -0.39 is 0 Å². The van der Waals surface area contributed by atoms with Gasteiger partial charge in [-0.25, -0.2) is 4.98 Å². The van der Waals surface area contributed by atoms with Gasteiger partial charge in [0, 0.05) is 18.3 Å². The number of hydrogen-bond acceptors (Lipinski definition) is 6. The summed E-state index contributed by atoms with van der Waals surface area (Å²) in [5, 5.41) is 18.3. The van der Waals surface area contributed by atoms with Crippen LogP contribution in [0.25, 0.3) is 4.96 Å². The Morgan fingerprint density at radius 2 is 2.26 bits per heavy atom. The molecule has 3 rings (SSSR count). The van der Waals surface area contributed by atoms with Crippen molar-refractivity contribution in [2.75, 3.05) is 11.9 Å². The predicted octanol–water partition coefficient (Wildman–Crippen LogP) is 2.46. The van der Waals surface area contributed by atoms with E-state index in [1.807, 2.05) is 6.92 Å². The number of aryl methyl sites for hydroxylation is 1. The minimum atomic E-state index is -0.124. The molecule has 7 heteroatoms. The number of aliphatic hydroxyl groups excluding tert-OH is 1. The van der Waals surface area contributed by atoms with Crippen molar-refractivity contribution in [2.24, 2.45) is 5.92 Å². The molecule has 0 radical (unpaired) electrons. The van der Waals surface area contributed by atoms with Gasteiger partial charge in [0.15, 0.2) is 0 Å². The van der Waals surface area contributed by atoms with Crippen LogP contribution in [0.5, 0.6) is 0 Å². The van der Waals surface area contributed by atoms with Gasteiger partial charge in [-0.2, -0.15) is 4.52 Å². The van der Waals surface area contributed by atoms with Crippen LogP contribution in [0.3, 0.4) is 0 Å². The minimum absolute atomic E-state index is 0.124. The van der Waals surface area contributed by atoms with Crippen LogP contribution in [-0.4, -0.2) is 32.4 Å². The Balaban J connectivity index is 1.55. The van der Waals surface area contributed by atoms with E-state index in [4.69, 9.17) is 0 Å². The maximum absolute atomic E-state index is 12.0. The number of aromatic nitrogens is 3. The van der Waals surface area contributed by atoms with Gasteiger partial charge in [0.1, 0.15) is 0 Å². The fourth-order valence-electron chi connectivity index (χ4n) is 3.19. The quantitative estimate of drug-likeness (QED) is 0.792. The Labute approximate surface area is 139 Å². The van der Waals surface area contributed by atoms with Crippen molar-refractivity contribution < 1.29 is 5.11 Å². The second kappa shape index (κ2) is 7.40. The summed E-state index contributed by atoms with van der Waals surface area (Å²) in [4.78, 5) is 17.0. The Morgan fingerprint density at radius 3 is 3.04 bits per heavy atom. The normalized spacial score (nSPS) is 21.7. The predicted molar refractivity (Wildman–Crippen MR) is 92.2 cm³/mol. The van der Waals surface area contributed by atoms with Crippen LogP contribution in [-0.2, 0) is 6.42 Å². The first kappa shape index (κ1) is 16.4. The summed E-state index contributed by atoms with van der Waals surface area (Å²) in [6, 6.07) is 1.54. The van der Waals surface area contributed by atoms with Gasteiger partial charge in [0.05, 0.1) is 6.10 Å². The zero-order chi connectivity index (χ0) is 16.2. The summed E-state index contributed by atoms with van der Waals surface area (Å²) in [7, 11) is 0. The Kier molecular flexibility index (Phi) is 5.27. The third-order valence-corrected chi connectivity index (χ3v) is 5.42. The maximum Gasteiger partial charge on any atom is 0.275 e. The van der Waals surface area contributed by atoms with Crippen molar-refractivity contribution in [3.63, 3.8) is 0 Å². The first-order valence-corrected chi connectivity index (χ1v) is 9.30. The second-order valence-electron chi connectivity index (χ2n) is 6.22. The molecule has 2 atom stereocenters. The molecule has 23 heavy (non-hydrogen) atoms. The van der Waals surface area contributed by atoms with Gasteiger partial charge >= 0.3 is 0 Å². The zero-order valence-corrected chi connectivity index (χ0v) is 14.3. The molecule has 0 aromatic carbocycles. The fourth-order valence-corrected chi connectivity index (χ4v) is 4.04. The van der Waals surface area contributed by atoms with E-state index in [1.54, 1.807) is 6.07 Å². The molecular weight excluding hydrogens is 312 g/mol. The Bertz CT molecular complexity index is 712. The highest BCUT2D eigenvalue weighted by molar-refractivity contribution is 7.20. The molecule has 1 aliphatic rings. The molecule has 0 bridgehead atoms. The number of nitrogens with zero attached hydrogens (tertiary/aromatic N) is 3. The van der Waals surface area contributed by atoms with Gasteiger partial charge < -0.3 is 10.4 Å². The van der Waals surface area contributed by atoms with Crippen LogP contribution in [0.2, 0.25) is 0 Å². The van der Waals surface area contributed by atoms with Crippen LogP contribution >= 0.6 is 11.3 Å². The lowest BCUT2D eigenvalue weighted by Gasteiger charge is -2.27. The van der Waals surface area contributed by atoms with E-state index in [0.717, 1.165) is 55.9 Å². The minimum Gasteiger partial charge on any atom is -0.393 e. The molecule has 6 nitrogen and oxygen atoms in total. The third kappa shape index (κ3) is 3.90. The van der Waals surface area contributed by atoms with Gasteiger partial charge in [0.25, 0.3) is 5.56 Å². The summed E-state index contributed by atoms with van der Waals surface area (Å²) >= 11 is 1.41. The standard InChI is InChI=1S/C16H24N4O2S/c1-2-12-10-14(22)20-16(18-12)23-15(19-20)17-9-5-7-11-6-3-4-8-13(11)21/h10-11,13,21H,2-9H2,1H3,(H,17,19). The van der Waals surface area contributed by atoms with Crippen molar-refractivity contribution in [2.45, 2.75) is 58.0 Å². The lowest BCUT2D eigenvalue weighted by molar-refractivity contribution is 0.0648. The molecule has 0 aliphatic heterocycles. The lowest BCUT2D eigenvalue weighted by Crippen LogP contribution is -2.24. The van der Waals surface area contributed by atoms with Crippen LogP contribution in [0.1, 0.15) is 51.1 Å². The number of fused-ring (bicyclic) bond motifs is 1. The van der Waals surface area contributed by atoms with E-state index >= 15 is 0 Å². The average Bonchev–Trinajstić information content (AvgIpc) is 2.96. The van der Waals surface area contributed by atoms with Crippen LogP contribution < -0.4 is 10.9 Å². The maximum atomic E-state index is 12.0. The van der Waals surface area contributed by atoms with Crippen molar-refractivity contribution in [3.8, 4) is 0 Å². The fraction of sp³-hybridized carbons (Fsp3) is 0.688.